The predicted octanol–water partition coefficient (Wildman–Crippen LogP) is 1.53. The van der Waals surface area contributed by atoms with Gasteiger partial charge in [0.05, 0.1) is 11.5 Å². The number of rotatable bonds is 10. The van der Waals surface area contributed by atoms with Crippen molar-refractivity contribution in [1.29, 1.82) is 0 Å². The first-order valence-corrected chi connectivity index (χ1v) is 8.86. The molecule has 0 fully saturated rings. The van der Waals surface area contributed by atoms with Crippen molar-refractivity contribution < 1.29 is 17.9 Å². The number of benzene rings is 1. The molecule has 0 aromatic heterocycles. The Morgan fingerprint density at radius 2 is 2.00 bits per heavy atom. The molecule has 1 amide bonds. The average Bonchev–Trinajstić information content (AvgIpc) is 2.51. The van der Waals surface area contributed by atoms with E-state index >= 15 is 0 Å². The molecule has 0 bridgehead atoms. The molecule has 0 saturated heterocycles. The van der Waals surface area contributed by atoms with Crippen molar-refractivity contribution in [3.8, 4) is 0 Å². The first kappa shape index (κ1) is 18.6. The summed E-state index contributed by atoms with van der Waals surface area (Å²) in [5.74, 6) is -0.259. The van der Waals surface area contributed by atoms with E-state index in [4.69, 9.17) is 4.74 Å². The van der Waals surface area contributed by atoms with Crippen LogP contribution in [0, 0.1) is 0 Å². The number of unbranched alkanes of at least 4 members (excludes halogenated alkanes) is 2. The van der Waals surface area contributed by atoms with Crippen LogP contribution >= 0.6 is 0 Å². The highest BCUT2D eigenvalue weighted by Gasteiger charge is 2.15. The Labute approximate surface area is 132 Å². The van der Waals surface area contributed by atoms with Crippen LogP contribution in [0.2, 0.25) is 0 Å². The molecule has 0 spiro atoms. The summed E-state index contributed by atoms with van der Waals surface area (Å²) in [4.78, 5) is 12.1. The van der Waals surface area contributed by atoms with E-state index in [0.717, 1.165) is 19.3 Å². The molecule has 0 aliphatic rings. The molecular formula is C15H24N2O4S. The van der Waals surface area contributed by atoms with E-state index < -0.39 is 10.0 Å². The lowest BCUT2D eigenvalue weighted by Gasteiger charge is -2.08. The zero-order chi connectivity index (χ0) is 16.4. The minimum absolute atomic E-state index is 0.0739. The smallest absolute Gasteiger partial charge is 0.251 e. The lowest BCUT2D eigenvalue weighted by molar-refractivity contribution is 0.0952. The van der Waals surface area contributed by atoms with Crippen molar-refractivity contribution in [3.63, 3.8) is 0 Å². The number of ether oxygens (including phenoxy) is 1. The number of hydrogen-bond donors (Lipinski definition) is 2. The summed E-state index contributed by atoms with van der Waals surface area (Å²) in [6.07, 6.45) is 3.05. The van der Waals surface area contributed by atoms with Crippen LogP contribution in [-0.4, -0.2) is 41.1 Å². The summed E-state index contributed by atoms with van der Waals surface area (Å²) >= 11 is 0. The highest BCUT2D eigenvalue weighted by atomic mass is 32.2. The van der Waals surface area contributed by atoms with E-state index in [1.54, 1.807) is 12.1 Å². The molecule has 0 radical (unpaired) electrons. The normalized spacial score (nSPS) is 11.4. The maximum absolute atomic E-state index is 12.1. The van der Waals surface area contributed by atoms with Gasteiger partial charge in [-0.1, -0.05) is 25.8 Å². The molecule has 0 heterocycles. The molecule has 7 heteroatoms. The Morgan fingerprint density at radius 3 is 2.68 bits per heavy atom. The summed E-state index contributed by atoms with van der Waals surface area (Å²) in [5.41, 5.74) is 0.339. The Balaban J connectivity index is 2.70. The molecule has 6 nitrogen and oxygen atoms in total. The standard InChI is InChI=1S/C15H24N2O4S/c1-3-4-5-9-16-15(18)13-7-6-8-14(12-13)22(19,20)17-10-11-21-2/h6-8,12,17H,3-5,9-11H2,1-2H3,(H,16,18). The largest absolute Gasteiger partial charge is 0.383 e. The predicted molar refractivity (Wildman–Crippen MR) is 85.4 cm³/mol. The van der Waals surface area contributed by atoms with Gasteiger partial charge in [0.25, 0.3) is 5.91 Å². The van der Waals surface area contributed by atoms with Gasteiger partial charge in [0, 0.05) is 25.8 Å². The molecule has 0 saturated carbocycles. The van der Waals surface area contributed by atoms with Gasteiger partial charge in [-0.15, -0.1) is 0 Å². The zero-order valence-corrected chi connectivity index (χ0v) is 13.9. The van der Waals surface area contributed by atoms with Crippen LogP contribution in [-0.2, 0) is 14.8 Å². The van der Waals surface area contributed by atoms with Crippen molar-refractivity contribution >= 4 is 15.9 Å². The zero-order valence-electron chi connectivity index (χ0n) is 13.1. The lowest BCUT2D eigenvalue weighted by Crippen LogP contribution is -2.28. The topological polar surface area (TPSA) is 84.5 Å². The lowest BCUT2D eigenvalue weighted by atomic mass is 10.2. The van der Waals surface area contributed by atoms with E-state index in [1.807, 2.05) is 0 Å². The summed E-state index contributed by atoms with van der Waals surface area (Å²) in [5, 5.41) is 2.79. The highest BCUT2D eigenvalue weighted by Crippen LogP contribution is 2.11. The van der Waals surface area contributed by atoms with E-state index in [-0.39, 0.29) is 24.0 Å². The average molecular weight is 328 g/mol. The van der Waals surface area contributed by atoms with Crippen molar-refractivity contribution in [3.05, 3.63) is 29.8 Å². The number of nitrogens with one attached hydrogen (secondary N) is 2. The molecule has 22 heavy (non-hydrogen) atoms. The van der Waals surface area contributed by atoms with Crippen LogP contribution in [0.3, 0.4) is 0 Å². The van der Waals surface area contributed by atoms with Crippen LogP contribution in [0.25, 0.3) is 0 Å². The quantitative estimate of drug-likeness (QED) is 0.638. The highest BCUT2D eigenvalue weighted by molar-refractivity contribution is 7.89. The molecule has 1 aromatic carbocycles. The first-order chi connectivity index (χ1) is 10.5. The second-order valence-electron chi connectivity index (χ2n) is 4.88. The Bertz CT molecular complexity index is 573. The molecule has 1 rings (SSSR count). The summed E-state index contributed by atoms with van der Waals surface area (Å²) < 4.78 is 31.4. The van der Waals surface area contributed by atoms with E-state index in [0.29, 0.717) is 12.1 Å². The van der Waals surface area contributed by atoms with Crippen molar-refractivity contribution in [2.45, 2.75) is 31.1 Å². The number of hydrogen-bond acceptors (Lipinski definition) is 4. The van der Waals surface area contributed by atoms with Crippen molar-refractivity contribution in [2.24, 2.45) is 0 Å². The second kappa shape index (κ2) is 9.55. The molecular weight excluding hydrogens is 304 g/mol. The van der Waals surface area contributed by atoms with Gasteiger partial charge in [-0.2, -0.15) is 0 Å². The third-order valence-electron chi connectivity index (χ3n) is 3.07. The fourth-order valence-corrected chi connectivity index (χ4v) is 2.90. The van der Waals surface area contributed by atoms with Gasteiger partial charge in [-0.05, 0) is 24.6 Å². The molecule has 2 N–H and O–H groups in total. The van der Waals surface area contributed by atoms with Crippen molar-refractivity contribution in [2.75, 3.05) is 26.8 Å². The van der Waals surface area contributed by atoms with Gasteiger partial charge in [0.15, 0.2) is 0 Å². The van der Waals surface area contributed by atoms with E-state index in [2.05, 4.69) is 17.0 Å². The molecule has 0 aliphatic carbocycles. The second-order valence-corrected chi connectivity index (χ2v) is 6.65. The fraction of sp³-hybridized carbons (Fsp3) is 0.533. The number of sulfonamides is 1. The molecule has 0 aliphatic heterocycles. The molecule has 124 valence electrons. The van der Waals surface area contributed by atoms with Gasteiger partial charge in [-0.3, -0.25) is 4.79 Å². The molecule has 0 atom stereocenters. The number of carbonyl (C=O) groups is 1. The van der Waals surface area contributed by atoms with Gasteiger partial charge in [-0.25, -0.2) is 13.1 Å². The minimum Gasteiger partial charge on any atom is -0.383 e. The van der Waals surface area contributed by atoms with Crippen LogP contribution in [0.4, 0.5) is 0 Å². The number of carbonyl (C=O) groups excluding carboxylic acids is 1. The van der Waals surface area contributed by atoms with Crippen LogP contribution < -0.4 is 10.0 Å². The van der Waals surface area contributed by atoms with Gasteiger partial charge < -0.3 is 10.1 Å². The fourth-order valence-electron chi connectivity index (χ4n) is 1.84. The third kappa shape index (κ3) is 6.13. The maximum atomic E-state index is 12.1. The first-order valence-electron chi connectivity index (χ1n) is 7.38. The minimum atomic E-state index is -3.63. The maximum Gasteiger partial charge on any atom is 0.251 e. The molecule has 0 unspecified atom stereocenters. The summed E-state index contributed by atoms with van der Waals surface area (Å²) in [6.45, 7) is 3.16. The number of methoxy groups -OCH3 is 1. The Hall–Kier alpha value is -1.44. The summed E-state index contributed by atoms with van der Waals surface area (Å²) in [6, 6.07) is 6.00. The van der Waals surface area contributed by atoms with E-state index in [9.17, 15) is 13.2 Å². The number of amides is 1. The van der Waals surface area contributed by atoms with E-state index in [1.165, 1.54) is 19.2 Å². The van der Waals surface area contributed by atoms with Gasteiger partial charge >= 0.3 is 0 Å². The SMILES string of the molecule is CCCCCNC(=O)c1cccc(S(=O)(=O)NCCOC)c1. The Morgan fingerprint density at radius 1 is 1.23 bits per heavy atom. The summed E-state index contributed by atoms with van der Waals surface area (Å²) in [7, 11) is -2.13. The third-order valence-corrected chi connectivity index (χ3v) is 4.53. The van der Waals surface area contributed by atoms with Crippen LogP contribution in [0.5, 0.6) is 0 Å². The monoisotopic (exact) mass is 328 g/mol. The van der Waals surface area contributed by atoms with Crippen molar-refractivity contribution in [1.82, 2.24) is 10.0 Å². The molecule has 1 aromatic rings. The van der Waals surface area contributed by atoms with Crippen LogP contribution in [0.1, 0.15) is 36.5 Å². The van der Waals surface area contributed by atoms with Gasteiger partial charge in [0.2, 0.25) is 10.0 Å². The Kier molecular flexibility index (Phi) is 8.08. The van der Waals surface area contributed by atoms with Gasteiger partial charge in [0.1, 0.15) is 0 Å². The van der Waals surface area contributed by atoms with Crippen LogP contribution in [0.15, 0.2) is 29.2 Å².